The molecule has 2 rings (SSSR count). The lowest BCUT2D eigenvalue weighted by molar-refractivity contribution is 0.277. The van der Waals surface area contributed by atoms with Crippen LogP contribution in [0.1, 0.15) is 44.4 Å². The van der Waals surface area contributed by atoms with E-state index in [0.29, 0.717) is 0 Å². The second kappa shape index (κ2) is 19.0. The first-order valence-corrected chi connectivity index (χ1v) is 8.98. The fraction of sp³-hybridized carbons (Fsp3) is 0.333. The Morgan fingerprint density at radius 2 is 1.23 bits per heavy atom. The van der Waals surface area contributed by atoms with Crippen LogP contribution in [0.5, 0.6) is 5.75 Å². The van der Waals surface area contributed by atoms with E-state index in [1.165, 1.54) is 16.7 Å². The minimum atomic E-state index is 0.950. The Balaban J connectivity index is 0. The maximum absolute atomic E-state index is 5.20. The van der Waals surface area contributed by atoms with Gasteiger partial charge in [-0.25, -0.2) is 0 Å². The van der Waals surface area contributed by atoms with Crippen LogP contribution < -0.4 is 4.74 Å². The molecule has 0 fully saturated rings. The van der Waals surface area contributed by atoms with Crippen molar-refractivity contribution in [3.63, 3.8) is 0 Å². The Labute approximate surface area is 161 Å². The molecule has 0 unspecified atom stereocenters. The van der Waals surface area contributed by atoms with Gasteiger partial charge in [-0.2, -0.15) is 0 Å². The molecule has 0 radical (unpaired) electrons. The first-order valence-electron chi connectivity index (χ1n) is 8.98. The molecule has 0 saturated heterocycles. The van der Waals surface area contributed by atoms with Gasteiger partial charge in [0.2, 0.25) is 0 Å². The van der Waals surface area contributed by atoms with E-state index in [1.807, 2.05) is 71.0 Å². The predicted octanol–water partition coefficient (Wildman–Crippen LogP) is 7.05. The number of allylic oxidation sites excluding steroid dienone is 2. The second-order valence-corrected chi connectivity index (χ2v) is 5.05. The Hall–Kier alpha value is -2.32. The SMILES string of the molecule is CC.CC=Cc1ccc(C)c(OC)c1.CC=Cc1ccccc1.COC. The highest BCUT2D eigenvalue weighted by Gasteiger charge is 1.96. The van der Waals surface area contributed by atoms with E-state index in [2.05, 4.69) is 41.2 Å². The van der Waals surface area contributed by atoms with Gasteiger partial charge in [-0.3, -0.25) is 0 Å². The lowest BCUT2D eigenvalue weighted by atomic mass is 10.1. The Bertz CT molecular complexity index is 599. The monoisotopic (exact) mass is 356 g/mol. The quantitative estimate of drug-likeness (QED) is 0.587. The third-order valence-electron chi connectivity index (χ3n) is 2.95. The molecule has 0 amide bonds. The molecule has 2 nitrogen and oxygen atoms in total. The van der Waals surface area contributed by atoms with Gasteiger partial charge < -0.3 is 9.47 Å². The summed E-state index contributed by atoms with van der Waals surface area (Å²) in [5, 5.41) is 0. The molecule has 0 aliphatic heterocycles. The number of benzene rings is 2. The lowest BCUT2D eigenvalue weighted by Crippen LogP contribution is -1.86. The Morgan fingerprint density at radius 1 is 0.731 bits per heavy atom. The van der Waals surface area contributed by atoms with E-state index < -0.39 is 0 Å². The Morgan fingerprint density at radius 3 is 1.69 bits per heavy atom. The summed E-state index contributed by atoms with van der Waals surface area (Å²) < 4.78 is 9.45. The number of ether oxygens (including phenoxy) is 2. The van der Waals surface area contributed by atoms with Crippen molar-refractivity contribution in [1.29, 1.82) is 0 Å². The van der Waals surface area contributed by atoms with Gasteiger partial charge in [0.25, 0.3) is 0 Å². The molecule has 0 N–H and O–H groups in total. The zero-order valence-electron chi connectivity index (χ0n) is 17.7. The van der Waals surface area contributed by atoms with Crippen LogP contribution in [0.2, 0.25) is 0 Å². The molecule has 2 heteroatoms. The minimum absolute atomic E-state index is 0.950. The molecule has 0 aromatic heterocycles. The van der Waals surface area contributed by atoms with Crippen LogP contribution in [0, 0.1) is 6.92 Å². The van der Waals surface area contributed by atoms with Crippen LogP contribution in [0.15, 0.2) is 60.7 Å². The van der Waals surface area contributed by atoms with Gasteiger partial charge in [-0.15, -0.1) is 0 Å². The van der Waals surface area contributed by atoms with Crippen molar-refractivity contribution in [1.82, 2.24) is 0 Å². The van der Waals surface area contributed by atoms with Gasteiger partial charge in [0.15, 0.2) is 0 Å². The van der Waals surface area contributed by atoms with Gasteiger partial charge in [-0.05, 0) is 43.5 Å². The molecule has 0 atom stereocenters. The molecule has 0 aliphatic carbocycles. The summed E-state index contributed by atoms with van der Waals surface area (Å²) in [5.74, 6) is 0.950. The molecule has 26 heavy (non-hydrogen) atoms. The van der Waals surface area contributed by atoms with E-state index in [1.54, 1.807) is 21.3 Å². The van der Waals surface area contributed by atoms with Crippen LogP contribution >= 0.6 is 0 Å². The summed E-state index contributed by atoms with van der Waals surface area (Å²) in [4.78, 5) is 0. The average molecular weight is 357 g/mol. The van der Waals surface area contributed by atoms with Crippen molar-refractivity contribution in [2.45, 2.75) is 34.6 Å². The molecule has 2 aromatic rings. The van der Waals surface area contributed by atoms with Crippen LogP contribution in [0.25, 0.3) is 12.2 Å². The molecule has 0 spiro atoms. The van der Waals surface area contributed by atoms with Gasteiger partial charge in [0.05, 0.1) is 7.11 Å². The molecule has 2 aromatic carbocycles. The third-order valence-corrected chi connectivity index (χ3v) is 2.95. The van der Waals surface area contributed by atoms with Crippen molar-refractivity contribution in [2.24, 2.45) is 0 Å². The maximum Gasteiger partial charge on any atom is 0.122 e. The topological polar surface area (TPSA) is 18.5 Å². The number of hydrogen-bond acceptors (Lipinski definition) is 2. The molecular formula is C24H36O2. The molecule has 0 bridgehead atoms. The maximum atomic E-state index is 5.20. The van der Waals surface area contributed by atoms with Crippen molar-refractivity contribution in [3.05, 3.63) is 77.4 Å². The predicted molar refractivity (Wildman–Crippen MR) is 118 cm³/mol. The molecule has 0 saturated carbocycles. The molecular weight excluding hydrogens is 320 g/mol. The average Bonchev–Trinajstić information content (AvgIpc) is 2.67. The van der Waals surface area contributed by atoms with E-state index in [-0.39, 0.29) is 0 Å². The molecule has 144 valence electrons. The summed E-state index contributed by atoms with van der Waals surface area (Å²) >= 11 is 0. The fourth-order valence-electron chi connectivity index (χ4n) is 1.89. The van der Waals surface area contributed by atoms with Crippen molar-refractivity contribution >= 4 is 12.2 Å². The van der Waals surface area contributed by atoms with Gasteiger partial charge in [-0.1, -0.05) is 80.6 Å². The van der Waals surface area contributed by atoms with Gasteiger partial charge >= 0.3 is 0 Å². The summed E-state index contributed by atoms with van der Waals surface area (Å²) in [6.07, 6.45) is 8.20. The first-order chi connectivity index (χ1) is 12.6. The van der Waals surface area contributed by atoms with Crippen molar-refractivity contribution < 1.29 is 9.47 Å². The normalized spacial score (nSPS) is 9.38. The minimum Gasteiger partial charge on any atom is -0.496 e. The zero-order valence-corrected chi connectivity index (χ0v) is 17.7. The number of aryl methyl sites for hydroxylation is 1. The fourth-order valence-corrected chi connectivity index (χ4v) is 1.89. The van der Waals surface area contributed by atoms with Crippen LogP contribution in [0.3, 0.4) is 0 Å². The number of hydrogen-bond donors (Lipinski definition) is 0. The largest absolute Gasteiger partial charge is 0.496 e. The van der Waals surface area contributed by atoms with Crippen molar-refractivity contribution in [2.75, 3.05) is 21.3 Å². The summed E-state index contributed by atoms with van der Waals surface area (Å²) in [5.41, 5.74) is 3.62. The van der Waals surface area contributed by atoms with Crippen molar-refractivity contribution in [3.8, 4) is 5.75 Å². The molecule has 0 heterocycles. The van der Waals surface area contributed by atoms with Gasteiger partial charge in [0, 0.05) is 14.2 Å². The second-order valence-electron chi connectivity index (χ2n) is 5.05. The standard InChI is InChI=1S/C11H14O.C9H10.C2H6O.C2H6/c1-4-5-10-7-6-9(2)11(8-10)12-3;1-2-6-9-7-4-3-5-8-9;1-3-2;1-2/h4-8H,1-3H3;2-8H,1H3;1-2H3;1-2H3. The highest BCUT2D eigenvalue weighted by Crippen LogP contribution is 2.19. The smallest absolute Gasteiger partial charge is 0.122 e. The van der Waals surface area contributed by atoms with Crippen LogP contribution in [0.4, 0.5) is 0 Å². The molecule has 0 aliphatic rings. The number of rotatable bonds is 3. The lowest BCUT2D eigenvalue weighted by Gasteiger charge is -2.04. The number of methoxy groups -OCH3 is 2. The van der Waals surface area contributed by atoms with Crippen LogP contribution in [-0.4, -0.2) is 21.3 Å². The Kier molecular flexibility index (Phi) is 18.9. The summed E-state index contributed by atoms with van der Waals surface area (Å²) in [6, 6.07) is 16.4. The third kappa shape index (κ3) is 13.0. The van der Waals surface area contributed by atoms with Gasteiger partial charge in [0.1, 0.15) is 5.75 Å². The highest BCUT2D eigenvalue weighted by molar-refractivity contribution is 5.53. The summed E-state index contributed by atoms with van der Waals surface area (Å²) in [7, 11) is 4.95. The first kappa shape index (κ1) is 25.9. The van der Waals surface area contributed by atoms with E-state index in [0.717, 1.165) is 5.75 Å². The van der Waals surface area contributed by atoms with Crippen LogP contribution in [-0.2, 0) is 4.74 Å². The van der Waals surface area contributed by atoms with E-state index in [9.17, 15) is 0 Å². The van der Waals surface area contributed by atoms with E-state index >= 15 is 0 Å². The summed E-state index contributed by atoms with van der Waals surface area (Å²) in [6.45, 7) is 10.1. The van der Waals surface area contributed by atoms with E-state index in [4.69, 9.17) is 4.74 Å². The zero-order chi connectivity index (χ0) is 20.2. The highest BCUT2D eigenvalue weighted by atomic mass is 16.5.